The Morgan fingerprint density at radius 3 is 2.32 bits per heavy atom. The number of ether oxygens (including phenoxy) is 3. The van der Waals surface area contributed by atoms with Gasteiger partial charge >= 0.3 is 11.9 Å². The zero-order valence-corrected chi connectivity index (χ0v) is 20.1. The molecule has 3 aromatic carbocycles. The van der Waals surface area contributed by atoms with Gasteiger partial charge in [-0.05, 0) is 78.7 Å². The average molecular weight is 520 g/mol. The first kappa shape index (κ1) is 23.4. The van der Waals surface area contributed by atoms with E-state index in [0.717, 1.165) is 28.6 Å². The fourth-order valence-electron chi connectivity index (χ4n) is 3.10. The zero-order valence-electron chi connectivity index (χ0n) is 18.5. The summed E-state index contributed by atoms with van der Waals surface area (Å²) in [7, 11) is 0. The molecule has 0 saturated heterocycles. The highest BCUT2D eigenvalue weighted by molar-refractivity contribution is 9.10. The van der Waals surface area contributed by atoms with Gasteiger partial charge in [0, 0.05) is 10.0 Å². The van der Waals surface area contributed by atoms with E-state index in [9.17, 15) is 9.59 Å². The van der Waals surface area contributed by atoms with Crippen LogP contribution < -0.4 is 9.47 Å². The van der Waals surface area contributed by atoms with Crippen LogP contribution in [0.5, 0.6) is 11.5 Å². The first-order valence-corrected chi connectivity index (χ1v) is 11.6. The standard InChI is InChI=1S/C27H22BrNO5/c1-2-3-16-32-22-14-8-19(9-15-22)25-29-24(27(31)34-25)17-18-4-12-23(13-5-18)33-26(30)20-6-10-21(28)11-7-20/h4-15,17H,2-3,16H2,1H3/b24-17-. The number of carbonyl (C=O) groups excluding carboxylic acids is 2. The van der Waals surface area contributed by atoms with Crippen molar-refractivity contribution in [2.24, 2.45) is 4.99 Å². The first-order valence-electron chi connectivity index (χ1n) is 10.9. The molecule has 0 aliphatic carbocycles. The third kappa shape index (κ3) is 5.99. The minimum atomic E-state index is -0.524. The number of rotatable bonds is 8. The average Bonchev–Trinajstić information content (AvgIpc) is 3.21. The van der Waals surface area contributed by atoms with Crippen LogP contribution >= 0.6 is 15.9 Å². The van der Waals surface area contributed by atoms with Gasteiger partial charge in [-0.2, -0.15) is 0 Å². The molecule has 6 nitrogen and oxygen atoms in total. The molecule has 172 valence electrons. The zero-order chi connectivity index (χ0) is 23.9. The Bertz CT molecular complexity index is 1230. The number of hydrogen-bond donors (Lipinski definition) is 0. The highest BCUT2D eigenvalue weighted by Crippen LogP contribution is 2.22. The van der Waals surface area contributed by atoms with Crippen molar-refractivity contribution in [3.05, 3.63) is 99.7 Å². The van der Waals surface area contributed by atoms with Gasteiger partial charge in [-0.1, -0.05) is 41.4 Å². The largest absolute Gasteiger partial charge is 0.494 e. The third-order valence-electron chi connectivity index (χ3n) is 4.96. The molecule has 0 spiro atoms. The van der Waals surface area contributed by atoms with E-state index in [0.29, 0.717) is 23.5 Å². The molecule has 7 heteroatoms. The maximum Gasteiger partial charge on any atom is 0.363 e. The van der Waals surface area contributed by atoms with Crippen LogP contribution in [0.3, 0.4) is 0 Å². The smallest absolute Gasteiger partial charge is 0.363 e. The number of carbonyl (C=O) groups is 2. The number of hydrogen-bond acceptors (Lipinski definition) is 6. The lowest BCUT2D eigenvalue weighted by molar-refractivity contribution is -0.129. The number of unbranched alkanes of at least 4 members (excludes halogenated alkanes) is 1. The number of cyclic esters (lactones) is 1. The van der Waals surface area contributed by atoms with E-state index >= 15 is 0 Å². The van der Waals surface area contributed by atoms with Crippen LogP contribution in [-0.4, -0.2) is 24.4 Å². The molecular formula is C27H22BrNO5. The lowest BCUT2D eigenvalue weighted by Gasteiger charge is -2.05. The molecule has 0 amide bonds. The van der Waals surface area contributed by atoms with E-state index in [4.69, 9.17) is 14.2 Å². The molecule has 3 aromatic rings. The lowest BCUT2D eigenvalue weighted by atomic mass is 10.2. The highest BCUT2D eigenvalue weighted by atomic mass is 79.9. The Hall–Kier alpha value is -3.71. The van der Waals surface area contributed by atoms with Gasteiger partial charge in [-0.15, -0.1) is 0 Å². The third-order valence-corrected chi connectivity index (χ3v) is 5.49. The van der Waals surface area contributed by atoms with Gasteiger partial charge in [0.1, 0.15) is 11.5 Å². The Balaban J connectivity index is 1.41. The Morgan fingerprint density at radius 1 is 0.971 bits per heavy atom. The van der Waals surface area contributed by atoms with E-state index in [1.165, 1.54) is 0 Å². The second-order valence-corrected chi connectivity index (χ2v) is 8.44. The van der Waals surface area contributed by atoms with Gasteiger partial charge in [-0.3, -0.25) is 0 Å². The monoisotopic (exact) mass is 519 g/mol. The molecule has 0 atom stereocenters. The summed E-state index contributed by atoms with van der Waals surface area (Å²) in [6, 6.07) is 21.0. The second-order valence-electron chi connectivity index (χ2n) is 7.53. The van der Waals surface area contributed by atoms with Crippen LogP contribution in [0.1, 0.15) is 41.3 Å². The molecule has 0 bridgehead atoms. The summed E-state index contributed by atoms with van der Waals surface area (Å²) in [6.07, 6.45) is 3.69. The van der Waals surface area contributed by atoms with Crippen molar-refractivity contribution < 1.29 is 23.8 Å². The van der Waals surface area contributed by atoms with Crippen molar-refractivity contribution in [1.82, 2.24) is 0 Å². The van der Waals surface area contributed by atoms with Gasteiger partial charge in [0.25, 0.3) is 0 Å². The summed E-state index contributed by atoms with van der Waals surface area (Å²) in [5.41, 5.74) is 2.05. The minimum Gasteiger partial charge on any atom is -0.494 e. The van der Waals surface area contributed by atoms with Crippen molar-refractivity contribution in [2.75, 3.05) is 6.61 Å². The second kappa shape index (κ2) is 10.9. The molecular weight excluding hydrogens is 498 g/mol. The van der Waals surface area contributed by atoms with Crippen LogP contribution in [0.25, 0.3) is 6.08 Å². The molecule has 0 saturated carbocycles. The van der Waals surface area contributed by atoms with Crippen LogP contribution in [0.15, 0.2) is 88.0 Å². The normalized spacial score (nSPS) is 14.0. The minimum absolute atomic E-state index is 0.192. The summed E-state index contributed by atoms with van der Waals surface area (Å²) in [4.78, 5) is 28.9. The maximum absolute atomic E-state index is 12.3. The molecule has 0 unspecified atom stereocenters. The summed E-state index contributed by atoms with van der Waals surface area (Å²) >= 11 is 3.33. The fraction of sp³-hybridized carbons (Fsp3) is 0.148. The molecule has 1 aliphatic rings. The Morgan fingerprint density at radius 2 is 1.65 bits per heavy atom. The molecule has 0 fully saturated rings. The summed E-state index contributed by atoms with van der Waals surface area (Å²) in [5, 5.41) is 0. The molecule has 0 aromatic heterocycles. The maximum atomic E-state index is 12.3. The van der Waals surface area contributed by atoms with E-state index in [1.54, 1.807) is 54.6 Å². The van der Waals surface area contributed by atoms with Gasteiger partial charge in [0.2, 0.25) is 5.90 Å². The van der Waals surface area contributed by atoms with E-state index in [2.05, 4.69) is 27.8 Å². The van der Waals surface area contributed by atoms with Crippen molar-refractivity contribution in [1.29, 1.82) is 0 Å². The number of halogens is 1. The number of benzene rings is 3. The lowest BCUT2D eigenvalue weighted by Crippen LogP contribution is -2.08. The Labute approximate surface area is 206 Å². The van der Waals surface area contributed by atoms with Crippen LogP contribution in [0.4, 0.5) is 0 Å². The number of nitrogens with zero attached hydrogens (tertiary/aromatic N) is 1. The molecule has 0 radical (unpaired) electrons. The van der Waals surface area contributed by atoms with Crippen molar-refractivity contribution in [3.63, 3.8) is 0 Å². The predicted molar refractivity (Wildman–Crippen MR) is 133 cm³/mol. The number of aliphatic imine (C=N–C) groups is 1. The summed E-state index contributed by atoms with van der Waals surface area (Å²) < 4.78 is 17.3. The Kier molecular flexibility index (Phi) is 7.54. The topological polar surface area (TPSA) is 74.2 Å². The molecule has 0 N–H and O–H groups in total. The van der Waals surface area contributed by atoms with Gasteiger partial charge in [-0.25, -0.2) is 14.6 Å². The molecule has 4 rings (SSSR count). The SMILES string of the molecule is CCCCOc1ccc(C2=N/C(=C\c3ccc(OC(=O)c4ccc(Br)cc4)cc3)C(=O)O2)cc1. The predicted octanol–water partition coefficient (Wildman–Crippen LogP) is 6.19. The van der Waals surface area contributed by atoms with Crippen LogP contribution in [0.2, 0.25) is 0 Å². The number of esters is 2. The first-order chi connectivity index (χ1) is 16.5. The summed E-state index contributed by atoms with van der Waals surface area (Å²) in [6.45, 7) is 2.78. The molecule has 1 aliphatic heterocycles. The fourth-order valence-corrected chi connectivity index (χ4v) is 3.37. The van der Waals surface area contributed by atoms with Crippen molar-refractivity contribution in [3.8, 4) is 11.5 Å². The summed E-state index contributed by atoms with van der Waals surface area (Å²) in [5.74, 6) is 0.433. The van der Waals surface area contributed by atoms with Crippen LogP contribution in [-0.2, 0) is 9.53 Å². The van der Waals surface area contributed by atoms with Crippen LogP contribution in [0, 0.1) is 0 Å². The molecule has 1 heterocycles. The van der Waals surface area contributed by atoms with E-state index in [-0.39, 0.29) is 11.6 Å². The van der Waals surface area contributed by atoms with E-state index < -0.39 is 11.9 Å². The van der Waals surface area contributed by atoms with Gasteiger partial charge in [0.15, 0.2) is 5.70 Å². The quantitative estimate of drug-likeness (QED) is 0.153. The van der Waals surface area contributed by atoms with Crippen molar-refractivity contribution in [2.45, 2.75) is 19.8 Å². The van der Waals surface area contributed by atoms with E-state index in [1.807, 2.05) is 24.3 Å². The van der Waals surface area contributed by atoms with Gasteiger partial charge < -0.3 is 14.2 Å². The van der Waals surface area contributed by atoms with Crippen molar-refractivity contribution >= 4 is 39.8 Å². The van der Waals surface area contributed by atoms with Gasteiger partial charge in [0.05, 0.1) is 12.2 Å². The molecule has 34 heavy (non-hydrogen) atoms. The highest BCUT2D eigenvalue weighted by Gasteiger charge is 2.24.